The van der Waals surface area contributed by atoms with Gasteiger partial charge in [0, 0.05) is 37.8 Å². The predicted molar refractivity (Wildman–Crippen MR) is 125 cm³/mol. The van der Waals surface area contributed by atoms with E-state index in [1.54, 1.807) is 6.33 Å². The Morgan fingerprint density at radius 1 is 1.16 bits per heavy atom. The molecule has 1 fully saturated rings. The zero-order valence-corrected chi connectivity index (χ0v) is 18.4. The molecule has 1 aliphatic rings. The van der Waals surface area contributed by atoms with Gasteiger partial charge in [-0.1, -0.05) is 24.3 Å². The quantitative estimate of drug-likeness (QED) is 0.468. The first-order chi connectivity index (χ1) is 15.2. The van der Waals surface area contributed by atoms with E-state index in [1.165, 1.54) is 11.1 Å². The van der Waals surface area contributed by atoms with Crippen LogP contribution < -0.4 is 5.01 Å². The Labute approximate surface area is 186 Å². The first-order valence-electron chi connectivity index (χ1n) is 10.7. The molecule has 3 heterocycles. The highest BCUT2D eigenvalue weighted by molar-refractivity contribution is 7.71. The summed E-state index contributed by atoms with van der Waals surface area (Å²) in [5.74, 6) is 0. The van der Waals surface area contributed by atoms with Gasteiger partial charge in [0.2, 0.25) is 0 Å². The van der Waals surface area contributed by atoms with Crippen LogP contribution in [0.2, 0.25) is 0 Å². The first kappa shape index (κ1) is 20.1. The molecule has 8 heteroatoms. The number of hydrogen-bond donors (Lipinski definition) is 1. The third-order valence-electron chi connectivity index (χ3n) is 5.90. The number of aromatic amines is 1. The van der Waals surface area contributed by atoms with Gasteiger partial charge in [-0.05, 0) is 42.4 Å². The van der Waals surface area contributed by atoms with Gasteiger partial charge in [-0.15, -0.1) is 0 Å². The molecule has 0 bridgehead atoms. The molecule has 160 valence electrons. The maximum atomic E-state index is 5.72. The summed E-state index contributed by atoms with van der Waals surface area (Å²) in [6, 6.07) is 12.8. The summed E-state index contributed by atoms with van der Waals surface area (Å²) in [7, 11) is 0. The van der Waals surface area contributed by atoms with E-state index >= 15 is 0 Å². The van der Waals surface area contributed by atoms with Crippen molar-refractivity contribution in [3.63, 3.8) is 0 Å². The number of morpholine rings is 1. The van der Waals surface area contributed by atoms with Crippen LogP contribution in [0.15, 0.2) is 48.9 Å². The standard InChI is InChI=1S/C23H26N6OS/c1-2-28(15-18-6-4-3-5-17(18)14-27-7-9-30-10-8-27)29-22-12-20-19(13-24-16-25-20)11-21(22)26-23(29)31/h3-6,11-13,16H,2,7-10,14-15H2,1H3,(H,26,31). The van der Waals surface area contributed by atoms with E-state index < -0.39 is 0 Å². The van der Waals surface area contributed by atoms with Crippen molar-refractivity contribution in [1.82, 2.24) is 24.5 Å². The zero-order chi connectivity index (χ0) is 21.2. The summed E-state index contributed by atoms with van der Waals surface area (Å²) in [6.45, 7) is 8.29. The molecule has 0 radical (unpaired) electrons. The Morgan fingerprint density at radius 2 is 1.97 bits per heavy atom. The second-order valence-corrected chi connectivity index (χ2v) is 8.22. The molecular weight excluding hydrogens is 408 g/mol. The van der Waals surface area contributed by atoms with Gasteiger partial charge in [-0.3, -0.25) is 4.90 Å². The Kier molecular flexibility index (Phi) is 5.67. The highest BCUT2D eigenvalue weighted by Gasteiger charge is 2.16. The second-order valence-electron chi connectivity index (χ2n) is 7.83. The van der Waals surface area contributed by atoms with Crippen LogP contribution in [0.25, 0.3) is 21.9 Å². The third kappa shape index (κ3) is 4.06. The lowest BCUT2D eigenvalue weighted by Crippen LogP contribution is -2.37. The van der Waals surface area contributed by atoms with E-state index in [2.05, 4.69) is 72.9 Å². The van der Waals surface area contributed by atoms with Gasteiger partial charge in [0.1, 0.15) is 6.33 Å². The lowest BCUT2D eigenvalue weighted by Gasteiger charge is -2.29. The number of fused-ring (bicyclic) bond motifs is 2. The van der Waals surface area contributed by atoms with E-state index in [0.29, 0.717) is 4.77 Å². The van der Waals surface area contributed by atoms with Crippen molar-refractivity contribution in [3.05, 3.63) is 64.8 Å². The van der Waals surface area contributed by atoms with Gasteiger partial charge in [0.25, 0.3) is 0 Å². The average molecular weight is 435 g/mol. The lowest BCUT2D eigenvalue weighted by atomic mass is 10.1. The zero-order valence-electron chi connectivity index (χ0n) is 17.6. The Bertz CT molecular complexity index is 1260. The van der Waals surface area contributed by atoms with E-state index in [1.807, 2.05) is 6.20 Å². The molecule has 2 aromatic carbocycles. The van der Waals surface area contributed by atoms with Crippen LogP contribution in [0.5, 0.6) is 0 Å². The number of nitrogens with one attached hydrogen (secondary N) is 1. The van der Waals surface area contributed by atoms with Crippen molar-refractivity contribution in [1.29, 1.82) is 0 Å². The molecule has 2 aromatic heterocycles. The van der Waals surface area contributed by atoms with Crippen molar-refractivity contribution in [2.75, 3.05) is 37.9 Å². The van der Waals surface area contributed by atoms with Crippen molar-refractivity contribution in [2.45, 2.75) is 20.0 Å². The minimum atomic E-state index is 0.686. The van der Waals surface area contributed by atoms with Gasteiger partial charge in [-0.2, -0.15) is 0 Å². The summed E-state index contributed by atoms with van der Waals surface area (Å²) >= 11 is 5.72. The van der Waals surface area contributed by atoms with Gasteiger partial charge in [0.05, 0.1) is 36.3 Å². The Morgan fingerprint density at radius 3 is 2.77 bits per heavy atom. The molecule has 0 atom stereocenters. The van der Waals surface area contributed by atoms with Crippen molar-refractivity contribution < 1.29 is 4.74 Å². The maximum absolute atomic E-state index is 5.72. The summed E-state index contributed by atoms with van der Waals surface area (Å²) < 4.78 is 8.30. The molecule has 7 nitrogen and oxygen atoms in total. The van der Waals surface area contributed by atoms with Crippen LogP contribution in [-0.2, 0) is 17.8 Å². The number of ether oxygens (including phenoxy) is 1. The minimum Gasteiger partial charge on any atom is -0.379 e. The molecule has 0 saturated carbocycles. The summed E-state index contributed by atoms with van der Waals surface area (Å²) in [5, 5.41) is 3.28. The normalized spacial score (nSPS) is 15.0. The molecule has 0 spiro atoms. The minimum absolute atomic E-state index is 0.686. The lowest BCUT2D eigenvalue weighted by molar-refractivity contribution is 0.0340. The number of aromatic nitrogens is 4. The number of rotatable bonds is 6. The number of imidazole rings is 1. The number of benzene rings is 2. The van der Waals surface area contributed by atoms with Crippen LogP contribution in [0.1, 0.15) is 18.1 Å². The predicted octanol–water partition coefficient (Wildman–Crippen LogP) is 3.63. The Balaban J connectivity index is 1.49. The highest BCUT2D eigenvalue weighted by atomic mass is 32.1. The summed E-state index contributed by atoms with van der Waals surface area (Å²) in [6.07, 6.45) is 3.41. The SMILES string of the molecule is CCN(Cc1ccccc1CN1CCOCC1)n1c(=S)[nH]c2cc3cncnc3cc21. The van der Waals surface area contributed by atoms with Gasteiger partial charge in [0.15, 0.2) is 4.77 Å². The molecule has 4 aromatic rings. The molecule has 0 amide bonds. The van der Waals surface area contributed by atoms with Crippen molar-refractivity contribution in [2.24, 2.45) is 0 Å². The highest BCUT2D eigenvalue weighted by Crippen LogP contribution is 2.22. The van der Waals surface area contributed by atoms with E-state index in [0.717, 1.165) is 67.9 Å². The molecular formula is C23H26N6OS. The third-order valence-corrected chi connectivity index (χ3v) is 6.18. The van der Waals surface area contributed by atoms with Crippen LogP contribution in [0.3, 0.4) is 0 Å². The number of H-pyrrole nitrogens is 1. The van der Waals surface area contributed by atoms with Gasteiger partial charge >= 0.3 is 0 Å². The fourth-order valence-electron chi connectivity index (χ4n) is 4.24. The van der Waals surface area contributed by atoms with Crippen molar-refractivity contribution in [3.8, 4) is 0 Å². The fraction of sp³-hybridized carbons (Fsp3) is 0.348. The topological polar surface area (TPSA) is 62.2 Å². The first-order valence-corrected chi connectivity index (χ1v) is 11.1. The Hall–Kier alpha value is -2.81. The molecule has 1 N–H and O–H groups in total. The van der Waals surface area contributed by atoms with E-state index in [9.17, 15) is 0 Å². The summed E-state index contributed by atoms with van der Waals surface area (Å²) in [5.41, 5.74) is 5.60. The largest absolute Gasteiger partial charge is 0.379 e. The molecule has 31 heavy (non-hydrogen) atoms. The van der Waals surface area contributed by atoms with Crippen molar-refractivity contribution >= 4 is 34.2 Å². The smallest absolute Gasteiger partial charge is 0.197 e. The van der Waals surface area contributed by atoms with Crippen LogP contribution in [0.4, 0.5) is 0 Å². The van der Waals surface area contributed by atoms with Crippen LogP contribution in [0, 0.1) is 4.77 Å². The average Bonchev–Trinajstić information content (AvgIpc) is 3.12. The monoisotopic (exact) mass is 434 g/mol. The van der Waals surface area contributed by atoms with Gasteiger partial charge in [-0.25, -0.2) is 14.6 Å². The maximum Gasteiger partial charge on any atom is 0.197 e. The van der Waals surface area contributed by atoms with E-state index in [4.69, 9.17) is 17.0 Å². The molecule has 1 aliphatic heterocycles. The molecule has 5 rings (SSSR count). The molecule has 0 unspecified atom stereocenters. The number of nitrogens with zero attached hydrogens (tertiary/aromatic N) is 5. The fourth-order valence-corrected chi connectivity index (χ4v) is 4.56. The number of hydrogen-bond acceptors (Lipinski definition) is 6. The molecule has 1 saturated heterocycles. The molecule has 0 aliphatic carbocycles. The summed E-state index contributed by atoms with van der Waals surface area (Å²) in [4.78, 5) is 14.4. The van der Waals surface area contributed by atoms with Crippen LogP contribution in [-0.4, -0.2) is 57.4 Å². The van der Waals surface area contributed by atoms with Gasteiger partial charge < -0.3 is 14.7 Å². The van der Waals surface area contributed by atoms with E-state index in [-0.39, 0.29) is 0 Å². The second kappa shape index (κ2) is 8.74. The van der Waals surface area contributed by atoms with Crippen LogP contribution >= 0.6 is 12.2 Å².